The van der Waals surface area contributed by atoms with Crippen LogP contribution in [0.25, 0.3) is 0 Å². The molecule has 1 aromatic rings. The van der Waals surface area contributed by atoms with E-state index < -0.39 is 17.7 Å². The number of para-hydroxylation sites is 1. The molecule has 5 nitrogen and oxygen atoms in total. The van der Waals surface area contributed by atoms with Gasteiger partial charge in [-0.05, 0) is 19.1 Å². The van der Waals surface area contributed by atoms with Gasteiger partial charge in [-0.2, -0.15) is 0 Å². The zero-order valence-electron chi connectivity index (χ0n) is 10.3. The number of nitrogens with zero attached hydrogens (tertiary/aromatic N) is 1. The minimum absolute atomic E-state index is 0.0253. The van der Waals surface area contributed by atoms with Gasteiger partial charge in [0.15, 0.2) is 0 Å². The Kier molecular flexibility index (Phi) is 3.85. The van der Waals surface area contributed by atoms with Crippen LogP contribution in [0.4, 0.5) is 5.69 Å². The molecule has 0 bridgehead atoms. The largest absolute Gasteiger partial charge is 0.466 e. The van der Waals surface area contributed by atoms with E-state index in [4.69, 9.17) is 16.3 Å². The van der Waals surface area contributed by atoms with Crippen LogP contribution in [-0.2, 0) is 14.3 Å². The lowest BCUT2D eigenvalue weighted by atomic mass is 10.1. The van der Waals surface area contributed by atoms with Crippen LogP contribution in [0.15, 0.2) is 18.2 Å². The van der Waals surface area contributed by atoms with Crippen molar-refractivity contribution in [2.45, 2.75) is 13.3 Å². The topological polar surface area (TPSA) is 63.7 Å². The molecule has 0 aliphatic carbocycles. The van der Waals surface area contributed by atoms with Gasteiger partial charge in [-0.25, -0.2) is 0 Å². The number of benzene rings is 1. The molecule has 0 fully saturated rings. The van der Waals surface area contributed by atoms with Crippen LogP contribution in [0.3, 0.4) is 0 Å². The fourth-order valence-corrected chi connectivity index (χ4v) is 2.24. The van der Waals surface area contributed by atoms with E-state index in [1.807, 2.05) is 0 Å². The molecule has 0 saturated heterocycles. The van der Waals surface area contributed by atoms with E-state index in [1.165, 1.54) is 4.90 Å². The van der Waals surface area contributed by atoms with Gasteiger partial charge >= 0.3 is 5.97 Å². The summed E-state index contributed by atoms with van der Waals surface area (Å²) in [5.41, 5.74) is 0.657. The van der Waals surface area contributed by atoms with Crippen LogP contribution in [0.1, 0.15) is 23.7 Å². The zero-order valence-corrected chi connectivity index (χ0v) is 11.1. The van der Waals surface area contributed by atoms with Gasteiger partial charge in [0, 0.05) is 6.54 Å². The summed E-state index contributed by atoms with van der Waals surface area (Å²) in [6.07, 6.45) is 0.0253. The number of fused-ring (bicyclic) bond motifs is 1. The van der Waals surface area contributed by atoms with Crippen molar-refractivity contribution in [1.29, 1.82) is 0 Å². The van der Waals surface area contributed by atoms with E-state index in [1.54, 1.807) is 25.1 Å². The molecule has 1 aliphatic heterocycles. The van der Waals surface area contributed by atoms with Gasteiger partial charge < -0.3 is 9.64 Å². The summed E-state index contributed by atoms with van der Waals surface area (Å²) < 4.78 is 4.79. The van der Waals surface area contributed by atoms with Crippen LogP contribution in [0, 0.1) is 0 Å². The number of halogens is 1. The number of anilines is 1. The molecule has 0 spiro atoms. The first-order valence-electron chi connectivity index (χ1n) is 5.86. The van der Waals surface area contributed by atoms with Gasteiger partial charge in [-0.1, -0.05) is 17.7 Å². The number of amides is 1. The lowest BCUT2D eigenvalue weighted by molar-refractivity contribution is -0.142. The first-order valence-corrected chi connectivity index (χ1v) is 6.24. The van der Waals surface area contributed by atoms with Crippen LogP contribution in [0.2, 0.25) is 5.02 Å². The Morgan fingerprint density at radius 1 is 1.37 bits per heavy atom. The zero-order chi connectivity index (χ0) is 14.0. The number of ether oxygens (including phenoxy) is 1. The molecule has 6 heteroatoms. The van der Waals surface area contributed by atoms with Crippen LogP contribution < -0.4 is 4.90 Å². The Labute approximate surface area is 115 Å². The fourth-order valence-electron chi connectivity index (χ4n) is 1.96. The molecule has 0 unspecified atom stereocenters. The summed E-state index contributed by atoms with van der Waals surface area (Å²) >= 11 is 6.01. The van der Waals surface area contributed by atoms with Gasteiger partial charge in [0.2, 0.25) is 0 Å². The minimum atomic E-state index is -0.660. The van der Waals surface area contributed by atoms with Gasteiger partial charge in [0.1, 0.15) is 0 Å². The average Bonchev–Trinajstić information content (AvgIpc) is 2.62. The Bertz CT molecular complexity index is 556. The molecule has 19 heavy (non-hydrogen) atoms. The predicted octanol–water partition coefficient (Wildman–Crippen LogP) is 1.82. The highest BCUT2D eigenvalue weighted by atomic mass is 35.5. The lowest BCUT2D eigenvalue weighted by Gasteiger charge is -2.16. The summed E-state index contributed by atoms with van der Waals surface area (Å²) in [6, 6.07) is 4.76. The summed E-state index contributed by atoms with van der Waals surface area (Å²) in [4.78, 5) is 36.2. The van der Waals surface area contributed by atoms with E-state index in [0.717, 1.165) is 0 Å². The molecule has 0 atom stereocenters. The molecule has 2 rings (SSSR count). The average molecular weight is 282 g/mol. The Morgan fingerprint density at radius 3 is 2.79 bits per heavy atom. The van der Waals surface area contributed by atoms with E-state index in [2.05, 4.69) is 0 Å². The fraction of sp³-hybridized carbons (Fsp3) is 0.308. The maximum absolute atomic E-state index is 11.9. The Morgan fingerprint density at radius 2 is 2.11 bits per heavy atom. The van der Waals surface area contributed by atoms with Crippen LogP contribution in [0.5, 0.6) is 0 Å². The molecule has 0 saturated carbocycles. The molecule has 0 aromatic heterocycles. The van der Waals surface area contributed by atoms with Crippen LogP contribution in [-0.4, -0.2) is 30.8 Å². The number of hydrogen-bond donors (Lipinski definition) is 0. The second kappa shape index (κ2) is 5.40. The minimum Gasteiger partial charge on any atom is -0.466 e. The first kappa shape index (κ1) is 13.5. The smallest absolute Gasteiger partial charge is 0.307 e. The van der Waals surface area contributed by atoms with Crippen LogP contribution >= 0.6 is 11.6 Å². The molecule has 1 amide bonds. The van der Waals surface area contributed by atoms with Crippen molar-refractivity contribution in [2.75, 3.05) is 18.1 Å². The number of rotatable bonds is 4. The molecule has 1 aromatic carbocycles. The summed E-state index contributed by atoms with van der Waals surface area (Å²) in [5.74, 6) is -1.67. The maximum Gasteiger partial charge on any atom is 0.307 e. The van der Waals surface area contributed by atoms with Crippen molar-refractivity contribution in [3.8, 4) is 0 Å². The highest BCUT2D eigenvalue weighted by Crippen LogP contribution is 2.35. The van der Waals surface area contributed by atoms with Crippen molar-refractivity contribution < 1.29 is 19.1 Å². The summed E-state index contributed by atoms with van der Waals surface area (Å²) in [7, 11) is 0. The van der Waals surface area contributed by atoms with E-state index >= 15 is 0 Å². The number of carbonyl (C=O) groups is 3. The molecule has 1 heterocycles. The van der Waals surface area contributed by atoms with Crippen molar-refractivity contribution >= 4 is 34.9 Å². The summed E-state index contributed by atoms with van der Waals surface area (Å²) in [5, 5.41) is 0.320. The van der Waals surface area contributed by atoms with Gasteiger partial charge in [-0.3, -0.25) is 14.4 Å². The molecular formula is C13H12ClNO4. The third kappa shape index (κ3) is 2.46. The second-order valence-corrected chi connectivity index (χ2v) is 4.38. The normalized spacial score (nSPS) is 13.7. The quantitative estimate of drug-likeness (QED) is 0.624. The number of esters is 1. The highest BCUT2D eigenvalue weighted by Gasteiger charge is 2.37. The van der Waals surface area contributed by atoms with Gasteiger partial charge in [-0.15, -0.1) is 0 Å². The molecular weight excluding hydrogens is 270 g/mol. The van der Waals surface area contributed by atoms with Crippen molar-refractivity contribution in [3.63, 3.8) is 0 Å². The SMILES string of the molecule is CCOC(=O)CCN1C(=O)C(=O)c2cccc(Cl)c21. The van der Waals surface area contributed by atoms with Gasteiger partial charge in [0.25, 0.3) is 11.7 Å². The number of ketones is 1. The third-order valence-electron chi connectivity index (χ3n) is 2.79. The highest BCUT2D eigenvalue weighted by molar-refractivity contribution is 6.54. The number of Topliss-reactive ketones (excluding diaryl/α,β-unsaturated/α-hetero) is 1. The van der Waals surface area contributed by atoms with Crippen molar-refractivity contribution in [3.05, 3.63) is 28.8 Å². The third-order valence-corrected chi connectivity index (χ3v) is 3.09. The molecule has 100 valence electrons. The Balaban J connectivity index is 2.21. The summed E-state index contributed by atoms with van der Waals surface area (Å²) in [6.45, 7) is 2.07. The van der Waals surface area contributed by atoms with E-state index in [-0.39, 0.29) is 25.1 Å². The molecule has 0 radical (unpaired) electrons. The van der Waals surface area contributed by atoms with E-state index in [0.29, 0.717) is 10.7 Å². The second-order valence-electron chi connectivity index (χ2n) is 3.98. The standard InChI is InChI=1S/C13H12ClNO4/c1-2-19-10(16)6-7-15-11-8(12(17)13(15)18)4-3-5-9(11)14/h3-5H,2,6-7H2,1H3. The molecule has 1 aliphatic rings. The maximum atomic E-state index is 11.9. The van der Waals surface area contributed by atoms with Crippen molar-refractivity contribution in [1.82, 2.24) is 0 Å². The Hall–Kier alpha value is -1.88. The number of hydrogen-bond acceptors (Lipinski definition) is 4. The first-order chi connectivity index (χ1) is 9.06. The van der Waals surface area contributed by atoms with E-state index in [9.17, 15) is 14.4 Å². The molecule has 0 N–H and O–H groups in total. The van der Waals surface area contributed by atoms with Crippen molar-refractivity contribution in [2.24, 2.45) is 0 Å². The lowest BCUT2D eigenvalue weighted by Crippen LogP contribution is -2.32. The predicted molar refractivity (Wildman–Crippen MR) is 69.4 cm³/mol. The monoisotopic (exact) mass is 281 g/mol. The number of carbonyl (C=O) groups excluding carboxylic acids is 3. The van der Waals surface area contributed by atoms with Gasteiger partial charge in [0.05, 0.1) is 29.3 Å².